The highest BCUT2D eigenvalue weighted by Crippen LogP contribution is 2.18. The Morgan fingerprint density at radius 3 is 2.72 bits per heavy atom. The predicted octanol–water partition coefficient (Wildman–Crippen LogP) is 2.44. The van der Waals surface area contributed by atoms with E-state index >= 15 is 0 Å². The van der Waals surface area contributed by atoms with Crippen molar-refractivity contribution in [2.75, 3.05) is 39.0 Å². The molecule has 2 atom stereocenters. The number of ether oxygens (including phenoxy) is 1. The number of benzene rings is 1. The van der Waals surface area contributed by atoms with E-state index in [0.717, 1.165) is 12.8 Å². The van der Waals surface area contributed by atoms with Crippen LogP contribution in [0.15, 0.2) is 29.3 Å². The zero-order valence-electron chi connectivity index (χ0n) is 17.2. The molecule has 2 N–H and O–H groups in total. The van der Waals surface area contributed by atoms with Gasteiger partial charge in [-0.05, 0) is 37.8 Å². The van der Waals surface area contributed by atoms with Crippen LogP contribution in [0.3, 0.4) is 0 Å². The summed E-state index contributed by atoms with van der Waals surface area (Å²) in [5.74, 6) is 1.09. The van der Waals surface area contributed by atoms with Gasteiger partial charge >= 0.3 is 0 Å². The molecule has 1 aromatic rings. The van der Waals surface area contributed by atoms with E-state index in [4.69, 9.17) is 4.74 Å². The zero-order valence-corrected chi connectivity index (χ0v) is 20.4. The molecule has 1 aliphatic heterocycles. The van der Waals surface area contributed by atoms with Gasteiger partial charge in [0, 0.05) is 32.2 Å². The van der Waals surface area contributed by atoms with Gasteiger partial charge in [-0.15, -0.1) is 24.0 Å². The summed E-state index contributed by atoms with van der Waals surface area (Å²) < 4.78 is 43.9. The standard InChI is InChI=1S/C19H31FN4O3S.HI/c1-4-17(27-18-8-6-7-16(20)11-18)13-23-19(21-5-2)22-12-15-9-10-24(14-15)28(3,25)26;/h6-8,11,15,17H,4-5,9-10,12-14H2,1-3H3,(H2,21,22,23);1H. The minimum Gasteiger partial charge on any atom is -0.488 e. The fourth-order valence-electron chi connectivity index (χ4n) is 3.02. The summed E-state index contributed by atoms with van der Waals surface area (Å²) in [5.41, 5.74) is 0. The second-order valence-corrected chi connectivity index (χ2v) is 8.96. The van der Waals surface area contributed by atoms with Gasteiger partial charge in [0.05, 0.1) is 12.8 Å². The summed E-state index contributed by atoms with van der Waals surface area (Å²) in [4.78, 5) is 4.58. The minimum absolute atomic E-state index is 0. The highest BCUT2D eigenvalue weighted by atomic mass is 127. The van der Waals surface area contributed by atoms with E-state index in [-0.39, 0.29) is 41.8 Å². The zero-order chi connectivity index (χ0) is 20.6. The van der Waals surface area contributed by atoms with Crippen LogP contribution in [0.25, 0.3) is 0 Å². The number of nitrogens with one attached hydrogen (secondary N) is 2. The van der Waals surface area contributed by atoms with Crippen LogP contribution >= 0.6 is 24.0 Å². The second-order valence-electron chi connectivity index (χ2n) is 6.98. The van der Waals surface area contributed by atoms with Gasteiger partial charge in [0.2, 0.25) is 10.0 Å². The molecule has 0 aromatic heterocycles. The smallest absolute Gasteiger partial charge is 0.211 e. The van der Waals surface area contributed by atoms with Crippen LogP contribution in [0.2, 0.25) is 0 Å². The molecule has 29 heavy (non-hydrogen) atoms. The number of guanidine groups is 1. The van der Waals surface area contributed by atoms with Crippen LogP contribution in [-0.2, 0) is 10.0 Å². The van der Waals surface area contributed by atoms with Crippen molar-refractivity contribution >= 4 is 40.0 Å². The Morgan fingerprint density at radius 1 is 1.38 bits per heavy atom. The molecule has 1 aromatic carbocycles. The molecule has 1 saturated heterocycles. The SMILES string of the molecule is CCNC(=NCC(CC)Oc1cccc(F)c1)NCC1CCN(S(C)(=O)=O)C1.I. The molecule has 0 radical (unpaired) electrons. The van der Waals surface area contributed by atoms with Gasteiger partial charge in [0.15, 0.2) is 5.96 Å². The minimum atomic E-state index is -3.13. The average molecular weight is 542 g/mol. The molecular weight excluding hydrogens is 510 g/mol. The van der Waals surface area contributed by atoms with Crippen LogP contribution in [0, 0.1) is 11.7 Å². The quantitative estimate of drug-likeness (QED) is 0.285. The Kier molecular flexibility index (Phi) is 11.2. The van der Waals surface area contributed by atoms with Gasteiger partial charge in [-0.25, -0.2) is 22.1 Å². The van der Waals surface area contributed by atoms with Crippen molar-refractivity contribution in [1.82, 2.24) is 14.9 Å². The summed E-state index contributed by atoms with van der Waals surface area (Å²) in [6, 6.07) is 6.09. The van der Waals surface area contributed by atoms with Gasteiger partial charge in [0.1, 0.15) is 17.7 Å². The van der Waals surface area contributed by atoms with E-state index in [2.05, 4.69) is 15.6 Å². The first kappa shape index (κ1) is 25.9. The third-order valence-corrected chi connectivity index (χ3v) is 5.90. The molecule has 0 spiro atoms. The molecular formula is C19H32FIN4O3S. The van der Waals surface area contributed by atoms with Crippen LogP contribution in [0.5, 0.6) is 5.75 Å². The number of rotatable bonds is 9. The van der Waals surface area contributed by atoms with E-state index in [0.29, 0.717) is 44.4 Å². The lowest BCUT2D eigenvalue weighted by Crippen LogP contribution is -2.41. The molecule has 1 aliphatic rings. The topological polar surface area (TPSA) is 83.0 Å². The Bertz CT molecular complexity index is 764. The van der Waals surface area contributed by atoms with Crippen molar-refractivity contribution in [2.24, 2.45) is 10.9 Å². The number of hydrogen-bond donors (Lipinski definition) is 2. The molecule has 0 aliphatic carbocycles. The van der Waals surface area contributed by atoms with Crippen molar-refractivity contribution in [3.63, 3.8) is 0 Å². The van der Waals surface area contributed by atoms with Gasteiger partial charge in [-0.2, -0.15) is 0 Å². The predicted molar refractivity (Wildman–Crippen MR) is 125 cm³/mol. The Morgan fingerprint density at radius 2 is 2.14 bits per heavy atom. The van der Waals surface area contributed by atoms with Crippen molar-refractivity contribution in [2.45, 2.75) is 32.8 Å². The van der Waals surface area contributed by atoms with E-state index in [1.165, 1.54) is 22.7 Å². The molecule has 2 rings (SSSR count). The molecule has 0 bridgehead atoms. The summed E-state index contributed by atoms with van der Waals surface area (Å²) in [6.45, 7) is 6.88. The van der Waals surface area contributed by atoms with Crippen molar-refractivity contribution in [1.29, 1.82) is 0 Å². The van der Waals surface area contributed by atoms with Crippen molar-refractivity contribution in [3.8, 4) is 5.75 Å². The normalized spacial score (nSPS) is 18.8. The number of halogens is 2. The summed E-state index contributed by atoms with van der Waals surface area (Å²) in [5, 5.41) is 6.48. The van der Waals surface area contributed by atoms with Gasteiger partial charge in [-0.1, -0.05) is 13.0 Å². The number of sulfonamides is 1. The van der Waals surface area contributed by atoms with Crippen LogP contribution < -0.4 is 15.4 Å². The lowest BCUT2D eigenvalue weighted by molar-refractivity contribution is 0.205. The molecule has 166 valence electrons. The lowest BCUT2D eigenvalue weighted by Gasteiger charge is -2.18. The Labute approximate surface area is 190 Å². The van der Waals surface area contributed by atoms with E-state index in [9.17, 15) is 12.8 Å². The maximum absolute atomic E-state index is 13.3. The van der Waals surface area contributed by atoms with E-state index in [1.807, 2.05) is 13.8 Å². The van der Waals surface area contributed by atoms with Crippen LogP contribution in [0.1, 0.15) is 26.7 Å². The maximum atomic E-state index is 13.3. The van der Waals surface area contributed by atoms with Crippen molar-refractivity contribution in [3.05, 3.63) is 30.1 Å². The van der Waals surface area contributed by atoms with Crippen molar-refractivity contribution < 1.29 is 17.5 Å². The lowest BCUT2D eigenvalue weighted by atomic mass is 10.1. The summed E-state index contributed by atoms with van der Waals surface area (Å²) in [6.07, 6.45) is 2.66. The fourth-order valence-corrected chi connectivity index (χ4v) is 3.94. The van der Waals surface area contributed by atoms with Crippen LogP contribution in [0.4, 0.5) is 4.39 Å². The Hall–Kier alpha value is -1.14. The first-order chi connectivity index (χ1) is 13.3. The van der Waals surface area contributed by atoms with E-state index in [1.54, 1.807) is 12.1 Å². The molecule has 0 amide bonds. The number of aliphatic imine (C=N–C) groups is 1. The monoisotopic (exact) mass is 542 g/mol. The van der Waals surface area contributed by atoms with E-state index < -0.39 is 10.0 Å². The van der Waals surface area contributed by atoms with Gasteiger partial charge < -0.3 is 15.4 Å². The summed E-state index contributed by atoms with van der Waals surface area (Å²) in [7, 11) is -3.13. The van der Waals surface area contributed by atoms with Crippen LogP contribution in [-0.4, -0.2) is 63.8 Å². The highest BCUT2D eigenvalue weighted by molar-refractivity contribution is 14.0. The first-order valence-electron chi connectivity index (χ1n) is 9.71. The van der Waals surface area contributed by atoms with Gasteiger partial charge in [0.25, 0.3) is 0 Å². The highest BCUT2D eigenvalue weighted by Gasteiger charge is 2.28. The first-order valence-corrected chi connectivity index (χ1v) is 11.6. The fraction of sp³-hybridized carbons (Fsp3) is 0.632. The second kappa shape index (κ2) is 12.5. The molecule has 1 heterocycles. The third-order valence-electron chi connectivity index (χ3n) is 4.63. The molecule has 1 fully saturated rings. The molecule has 2 unspecified atom stereocenters. The number of hydrogen-bond acceptors (Lipinski definition) is 4. The number of nitrogens with zero attached hydrogens (tertiary/aromatic N) is 2. The Balaban J connectivity index is 0.00000420. The third kappa shape index (κ3) is 9.04. The average Bonchev–Trinajstić information content (AvgIpc) is 3.12. The molecule has 0 saturated carbocycles. The summed E-state index contributed by atoms with van der Waals surface area (Å²) >= 11 is 0. The largest absolute Gasteiger partial charge is 0.488 e. The van der Waals surface area contributed by atoms with Gasteiger partial charge in [-0.3, -0.25) is 0 Å². The molecule has 10 heteroatoms. The molecule has 7 nitrogen and oxygen atoms in total. The maximum Gasteiger partial charge on any atom is 0.211 e.